The van der Waals surface area contributed by atoms with Crippen molar-refractivity contribution in [1.29, 1.82) is 0 Å². The molecule has 0 aromatic heterocycles. The van der Waals surface area contributed by atoms with E-state index in [0.29, 0.717) is 13.2 Å². The summed E-state index contributed by atoms with van der Waals surface area (Å²) in [5.41, 5.74) is 1.11. The van der Waals surface area contributed by atoms with Gasteiger partial charge in [0, 0.05) is 25.7 Å². The molecule has 0 radical (unpaired) electrons. The molecule has 25 heavy (non-hydrogen) atoms. The number of likely N-dealkylation sites (tertiary alicyclic amines) is 1. The van der Waals surface area contributed by atoms with E-state index in [-0.39, 0.29) is 0 Å². The molecule has 0 unspecified atom stereocenters. The topological polar surface area (TPSA) is 48.9 Å². The van der Waals surface area contributed by atoms with Gasteiger partial charge in [0.2, 0.25) is 0 Å². The van der Waals surface area contributed by atoms with Crippen LogP contribution in [0, 0.1) is 0 Å². The third-order valence-electron chi connectivity index (χ3n) is 4.39. The van der Waals surface area contributed by atoms with Crippen molar-refractivity contribution >= 4 is 5.96 Å². The molecule has 0 amide bonds. The van der Waals surface area contributed by atoms with Gasteiger partial charge >= 0.3 is 0 Å². The first-order valence-electron chi connectivity index (χ1n) is 9.32. The lowest BCUT2D eigenvalue weighted by Gasteiger charge is -2.16. The van der Waals surface area contributed by atoms with Gasteiger partial charge in [0.25, 0.3) is 0 Å². The number of aliphatic imine (C=N–C) groups is 1. The predicted molar refractivity (Wildman–Crippen MR) is 105 cm³/mol. The van der Waals surface area contributed by atoms with E-state index in [1.54, 1.807) is 13.1 Å². The van der Waals surface area contributed by atoms with Crippen molar-refractivity contribution in [2.24, 2.45) is 4.99 Å². The standard InChI is InChI=1S/C20H32N4O/c1-3-16-25-19-11-5-4-10-18(19)17-23-20(21-2)22-12-6-7-13-24-14-8-9-15-24/h3-5,10-11H,1,6-9,12-17H2,2H3,(H2,21,22,23). The van der Waals surface area contributed by atoms with Crippen molar-refractivity contribution in [1.82, 2.24) is 15.5 Å². The second kappa shape index (κ2) is 11.5. The summed E-state index contributed by atoms with van der Waals surface area (Å²) in [5.74, 6) is 1.72. The highest BCUT2D eigenvalue weighted by Crippen LogP contribution is 2.17. The van der Waals surface area contributed by atoms with E-state index in [0.717, 1.165) is 30.2 Å². The highest BCUT2D eigenvalue weighted by molar-refractivity contribution is 5.79. The van der Waals surface area contributed by atoms with Crippen LogP contribution < -0.4 is 15.4 Å². The summed E-state index contributed by atoms with van der Waals surface area (Å²) in [5, 5.41) is 6.75. The molecule has 1 aliphatic heterocycles. The quantitative estimate of drug-likeness (QED) is 0.297. The third kappa shape index (κ3) is 7.18. The van der Waals surface area contributed by atoms with Gasteiger partial charge in [-0.3, -0.25) is 4.99 Å². The molecule has 5 heteroatoms. The Kier molecular flexibility index (Phi) is 8.91. The van der Waals surface area contributed by atoms with Crippen molar-refractivity contribution in [3.8, 4) is 5.75 Å². The summed E-state index contributed by atoms with van der Waals surface area (Å²) in [6.07, 6.45) is 6.89. The van der Waals surface area contributed by atoms with Crippen LogP contribution in [0.15, 0.2) is 41.9 Å². The van der Waals surface area contributed by atoms with Crippen LogP contribution in [0.1, 0.15) is 31.2 Å². The van der Waals surface area contributed by atoms with E-state index >= 15 is 0 Å². The molecule has 138 valence electrons. The first kappa shape index (κ1) is 19.3. The molecule has 1 aromatic carbocycles. The lowest BCUT2D eigenvalue weighted by molar-refractivity contribution is 0.330. The van der Waals surface area contributed by atoms with E-state index in [4.69, 9.17) is 4.74 Å². The summed E-state index contributed by atoms with van der Waals surface area (Å²) in [6, 6.07) is 8.05. The van der Waals surface area contributed by atoms with Crippen LogP contribution >= 0.6 is 0 Å². The number of ether oxygens (including phenoxy) is 1. The van der Waals surface area contributed by atoms with E-state index < -0.39 is 0 Å². The summed E-state index contributed by atoms with van der Waals surface area (Å²) < 4.78 is 5.69. The number of nitrogens with zero attached hydrogens (tertiary/aromatic N) is 2. The second-order valence-corrected chi connectivity index (χ2v) is 6.32. The lowest BCUT2D eigenvalue weighted by Crippen LogP contribution is -2.37. The summed E-state index contributed by atoms with van der Waals surface area (Å²) >= 11 is 0. The zero-order valence-electron chi connectivity index (χ0n) is 15.5. The molecule has 1 saturated heterocycles. The summed E-state index contributed by atoms with van der Waals surface area (Å²) in [6.45, 7) is 9.62. The number of guanidine groups is 1. The Morgan fingerprint density at radius 3 is 2.80 bits per heavy atom. The Morgan fingerprint density at radius 2 is 2.04 bits per heavy atom. The highest BCUT2D eigenvalue weighted by Gasteiger charge is 2.10. The van der Waals surface area contributed by atoms with Crippen LogP contribution in [0.4, 0.5) is 0 Å². The normalized spacial score (nSPS) is 15.2. The van der Waals surface area contributed by atoms with Gasteiger partial charge in [-0.25, -0.2) is 0 Å². The van der Waals surface area contributed by atoms with Crippen LogP contribution in [0.25, 0.3) is 0 Å². The van der Waals surface area contributed by atoms with Crippen molar-refractivity contribution in [2.45, 2.75) is 32.2 Å². The average molecular weight is 345 g/mol. The SMILES string of the molecule is C=CCOc1ccccc1CNC(=NC)NCCCCN1CCCC1. The smallest absolute Gasteiger partial charge is 0.191 e. The largest absolute Gasteiger partial charge is 0.489 e. The molecule has 0 bridgehead atoms. The summed E-state index contributed by atoms with van der Waals surface area (Å²) in [7, 11) is 1.81. The minimum atomic E-state index is 0.515. The zero-order valence-corrected chi connectivity index (χ0v) is 15.5. The molecular formula is C20H32N4O. The Bertz CT molecular complexity index is 538. The van der Waals surface area contributed by atoms with Gasteiger partial charge in [0.1, 0.15) is 12.4 Å². The molecule has 2 rings (SSSR count). The predicted octanol–water partition coefficient (Wildman–Crippen LogP) is 2.79. The lowest BCUT2D eigenvalue weighted by atomic mass is 10.2. The first-order chi connectivity index (χ1) is 12.3. The molecule has 1 aromatic rings. The van der Waals surface area contributed by atoms with Gasteiger partial charge in [-0.05, 0) is 51.4 Å². The molecule has 1 fully saturated rings. The van der Waals surface area contributed by atoms with Gasteiger partial charge in [-0.15, -0.1) is 0 Å². The van der Waals surface area contributed by atoms with Gasteiger partial charge in [0.15, 0.2) is 5.96 Å². The zero-order chi connectivity index (χ0) is 17.7. The van der Waals surface area contributed by atoms with Crippen LogP contribution in [0.3, 0.4) is 0 Å². The Morgan fingerprint density at radius 1 is 1.24 bits per heavy atom. The van der Waals surface area contributed by atoms with E-state index in [9.17, 15) is 0 Å². The van der Waals surface area contributed by atoms with E-state index in [2.05, 4.69) is 33.2 Å². The molecule has 1 heterocycles. The highest BCUT2D eigenvalue weighted by atomic mass is 16.5. The fraction of sp³-hybridized carbons (Fsp3) is 0.550. The molecule has 1 aliphatic rings. The first-order valence-corrected chi connectivity index (χ1v) is 9.32. The van der Waals surface area contributed by atoms with Crippen LogP contribution in [0.5, 0.6) is 5.75 Å². The molecule has 2 N–H and O–H groups in total. The van der Waals surface area contributed by atoms with E-state index in [1.807, 2.05) is 18.2 Å². The molecule has 5 nitrogen and oxygen atoms in total. The van der Waals surface area contributed by atoms with Gasteiger partial charge in [-0.2, -0.15) is 0 Å². The number of hydrogen-bond donors (Lipinski definition) is 2. The van der Waals surface area contributed by atoms with Crippen molar-refractivity contribution in [3.63, 3.8) is 0 Å². The monoisotopic (exact) mass is 344 g/mol. The van der Waals surface area contributed by atoms with Crippen LogP contribution in [-0.2, 0) is 6.54 Å². The minimum absolute atomic E-state index is 0.515. The van der Waals surface area contributed by atoms with Crippen molar-refractivity contribution < 1.29 is 4.74 Å². The molecule has 0 atom stereocenters. The van der Waals surface area contributed by atoms with Crippen molar-refractivity contribution in [2.75, 3.05) is 39.8 Å². The third-order valence-corrected chi connectivity index (χ3v) is 4.39. The van der Waals surface area contributed by atoms with Crippen LogP contribution in [-0.4, -0.2) is 50.7 Å². The maximum atomic E-state index is 5.69. The second-order valence-electron chi connectivity index (χ2n) is 6.32. The maximum Gasteiger partial charge on any atom is 0.191 e. The Hall–Kier alpha value is -2.01. The summed E-state index contributed by atoms with van der Waals surface area (Å²) in [4.78, 5) is 6.86. The van der Waals surface area contributed by atoms with Gasteiger partial charge in [0.05, 0.1) is 0 Å². The van der Waals surface area contributed by atoms with Gasteiger partial charge in [-0.1, -0.05) is 30.9 Å². The number of benzene rings is 1. The Labute approximate surface area is 152 Å². The van der Waals surface area contributed by atoms with E-state index in [1.165, 1.54) is 38.9 Å². The van der Waals surface area contributed by atoms with Gasteiger partial charge < -0.3 is 20.3 Å². The minimum Gasteiger partial charge on any atom is -0.489 e. The maximum absolute atomic E-state index is 5.69. The fourth-order valence-electron chi connectivity index (χ4n) is 3.01. The molecule has 0 aliphatic carbocycles. The molecule has 0 spiro atoms. The fourth-order valence-corrected chi connectivity index (χ4v) is 3.01. The molecule has 0 saturated carbocycles. The number of rotatable bonds is 10. The van der Waals surface area contributed by atoms with Crippen LogP contribution in [0.2, 0.25) is 0 Å². The Balaban J connectivity index is 1.66. The van der Waals surface area contributed by atoms with Crippen molar-refractivity contribution in [3.05, 3.63) is 42.5 Å². The molecular weight excluding hydrogens is 312 g/mol. The number of hydrogen-bond acceptors (Lipinski definition) is 3. The number of unbranched alkanes of at least 4 members (excludes halogenated alkanes) is 1. The number of para-hydroxylation sites is 1. The number of nitrogens with one attached hydrogen (secondary N) is 2. The average Bonchev–Trinajstić information content (AvgIpc) is 3.16.